The molecule has 3 nitrogen and oxygen atoms in total. The summed E-state index contributed by atoms with van der Waals surface area (Å²) in [5.41, 5.74) is 6.15. The lowest BCUT2D eigenvalue weighted by molar-refractivity contribution is -0.125. The van der Waals surface area contributed by atoms with Crippen molar-refractivity contribution in [2.45, 2.75) is 66.3 Å². The SMILES string of the molecule is CC(C)CC1(CNC(=O)[C@@H](N)C(C)(C)C)CCC1. The van der Waals surface area contributed by atoms with Gasteiger partial charge in [-0.3, -0.25) is 4.79 Å². The number of carbonyl (C=O) groups is 1. The van der Waals surface area contributed by atoms with Crippen molar-refractivity contribution in [1.82, 2.24) is 5.32 Å². The highest BCUT2D eigenvalue weighted by Crippen LogP contribution is 2.45. The summed E-state index contributed by atoms with van der Waals surface area (Å²) in [6.45, 7) is 11.3. The van der Waals surface area contributed by atoms with Crippen LogP contribution in [0.4, 0.5) is 0 Å². The fraction of sp³-hybridized carbons (Fsp3) is 0.933. The molecule has 0 aromatic rings. The maximum absolute atomic E-state index is 12.0. The van der Waals surface area contributed by atoms with Gasteiger partial charge in [-0.05, 0) is 36.0 Å². The van der Waals surface area contributed by atoms with Gasteiger partial charge in [-0.15, -0.1) is 0 Å². The Morgan fingerprint density at radius 3 is 2.22 bits per heavy atom. The number of nitrogens with one attached hydrogen (secondary N) is 1. The standard InChI is InChI=1S/C15H30N2O/c1-11(2)9-15(7-6-8-15)10-17-13(18)12(16)14(3,4)5/h11-12H,6-10,16H2,1-5H3,(H,17,18)/t12-/m1/s1. The van der Waals surface area contributed by atoms with Gasteiger partial charge in [-0.2, -0.15) is 0 Å². The molecule has 0 heterocycles. The lowest BCUT2D eigenvalue weighted by Gasteiger charge is -2.44. The van der Waals surface area contributed by atoms with E-state index in [0.717, 1.165) is 6.54 Å². The highest BCUT2D eigenvalue weighted by atomic mass is 16.2. The van der Waals surface area contributed by atoms with Crippen LogP contribution in [-0.4, -0.2) is 18.5 Å². The molecule has 1 saturated carbocycles. The summed E-state index contributed by atoms with van der Waals surface area (Å²) in [4.78, 5) is 12.0. The second-order valence-electron chi connectivity index (χ2n) is 7.51. The van der Waals surface area contributed by atoms with E-state index >= 15 is 0 Å². The Bertz CT molecular complexity index is 287. The molecule has 1 amide bonds. The molecule has 0 saturated heterocycles. The monoisotopic (exact) mass is 254 g/mol. The van der Waals surface area contributed by atoms with E-state index in [-0.39, 0.29) is 11.3 Å². The van der Waals surface area contributed by atoms with Gasteiger partial charge >= 0.3 is 0 Å². The van der Waals surface area contributed by atoms with Gasteiger partial charge < -0.3 is 11.1 Å². The van der Waals surface area contributed by atoms with Gasteiger partial charge in [0.1, 0.15) is 0 Å². The molecule has 3 N–H and O–H groups in total. The first-order chi connectivity index (χ1) is 8.16. The Balaban J connectivity index is 2.46. The minimum Gasteiger partial charge on any atom is -0.354 e. The highest BCUT2D eigenvalue weighted by molar-refractivity contribution is 5.82. The smallest absolute Gasteiger partial charge is 0.237 e. The van der Waals surface area contributed by atoms with Gasteiger partial charge in [0, 0.05) is 6.54 Å². The molecule has 106 valence electrons. The average Bonchev–Trinajstić information content (AvgIpc) is 2.18. The molecule has 3 heteroatoms. The van der Waals surface area contributed by atoms with Crippen LogP contribution in [0.2, 0.25) is 0 Å². The van der Waals surface area contributed by atoms with E-state index in [1.54, 1.807) is 0 Å². The maximum atomic E-state index is 12.0. The van der Waals surface area contributed by atoms with Gasteiger partial charge in [0.05, 0.1) is 6.04 Å². The summed E-state index contributed by atoms with van der Waals surface area (Å²) in [6, 6.07) is -0.423. The molecule has 0 unspecified atom stereocenters. The predicted octanol–water partition coefficient (Wildman–Crippen LogP) is 2.69. The summed E-state index contributed by atoms with van der Waals surface area (Å²) >= 11 is 0. The van der Waals surface area contributed by atoms with E-state index in [1.807, 2.05) is 20.8 Å². The minimum atomic E-state index is -0.423. The molecule has 1 rings (SSSR count). The number of nitrogens with two attached hydrogens (primary N) is 1. The number of amides is 1. The number of hydrogen-bond donors (Lipinski definition) is 2. The van der Waals surface area contributed by atoms with Crippen molar-refractivity contribution in [3.63, 3.8) is 0 Å². The molecule has 1 atom stereocenters. The molecule has 0 radical (unpaired) electrons. The molecular formula is C15H30N2O. The molecule has 0 bridgehead atoms. The molecule has 0 aliphatic heterocycles. The second-order valence-corrected chi connectivity index (χ2v) is 7.51. The second kappa shape index (κ2) is 5.60. The summed E-state index contributed by atoms with van der Waals surface area (Å²) < 4.78 is 0. The van der Waals surface area contributed by atoms with Gasteiger partial charge in [0.15, 0.2) is 0 Å². The minimum absolute atomic E-state index is 0.00229. The Kier molecular flexibility index (Phi) is 4.82. The Labute approximate surface area is 112 Å². The first-order valence-electron chi connectivity index (χ1n) is 7.20. The van der Waals surface area contributed by atoms with Crippen LogP contribution in [0.15, 0.2) is 0 Å². The third-order valence-electron chi connectivity index (χ3n) is 4.11. The molecule has 0 aromatic heterocycles. The van der Waals surface area contributed by atoms with Gasteiger partial charge in [0.25, 0.3) is 0 Å². The van der Waals surface area contributed by atoms with E-state index in [2.05, 4.69) is 19.2 Å². The van der Waals surface area contributed by atoms with E-state index in [4.69, 9.17) is 5.73 Å². The molecule has 18 heavy (non-hydrogen) atoms. The first kappa shape index (κ1) is 15.5. The van der Waals surface area contributed by atoms with Crippen LogP contribution in [0.5, 0.6) is 0 Å². The first-order valence-corrected chi connectivity index (χ1v) is 7.20. The van der Waals surface area contributed by atoms with Gasteiger partial charge in [0.2, 0.25) is 5.91 Å². The molecule has 1 aliphatic rings. The summed E-state index contributed by atoms with van der Waals surface area (Å²) in [7, 11) is 0. The third-order valence-corrected chi connectivity index (χ3v) is 4.11. The molecule has 1 aliphatic carbocycles. The van der Waals surface area contributed by atoms with E-state index in [1.165, 1.54) is 25.7 Å². The normalized spacial score (nSPS) is 20.4. The summed E-state index contributed by atoms with van der Waals surface area (Å²) in [6.07, 6.45) is 5.00. The third kappa shape index (κ3) is 3.98. The number of carbonyl (C=O) groups excluding carboxylic acids is 1. The topological polar surface area (TPSA) is 55.1 Å². The van der Waals surface area contributed by atoms with Crippen molar-refractivity contribution in [2.75, 3.05) is 6.54 Å². The fourth-order valence-electron chi connectivity index (χ4n) is 2.77. The van der Waals surface area contributed by atoms with Crippen LogP contribution < -0.4 is 11.1 Å². The molecule has 0 aromatic carbocycles. The lowest BCUT2D eigenvalue weighted by atomic mass is 9.64. The van der Waals surface area contributed by atoms with Crippen molar-refractivity contribution in [2.24, 2.45) is 22.5 Å². The zero-order valence-electron chi connectivity index (χ0n) is 12.7. The average molecular weight is 254 g/mol. The maximum Gasteiger partial charge on any atom is 0.237 e. The number of hydrogen-bond acceptors (Lipinski definition) is 2. The van der Waals surface area contributed by atoms with E-state index in [0.29, 0.717) is 11.3 Å². The van der Waals surface area contributed by atoms with Crippen LogP contribution in [0.25, 0.3) is 0 Å². The van der Waals surface area contributed by atoms with Gasteiger partial charge in [-0.25, -0.2) is 0 Å². The van der Waals surface area contributed by atoms with Crippen LogP contribution >= 0.6 is 0 Å². The molecule has 0 spiro atoms. The van der Waals surface area contributed by atoms with Crippen molar-refractivity contribution in [3.05, 3.63) is 0 Å². The zero-order chi connectivity index (χ0) is 14.0. The van der Waals surface area contributed by atoms with Crippen molar-refractivity contribution in [1.29, 1.82) is 0 Å². The van der Waals surface area contributed by atoms with E-state index < -0.39 is 6.04 Å². The Morgan fingerprint density at radius 2 is 1.89 bits per heavy atom. The van der Waals surface area contributed by atoms with E-state index in [9.17, 15) is 4.79 Å². The molecular weight excluding hydrogens is 224 g/mol. The quantitative estimate of drug-likeness (QED) is 0.792. The van der Waals surface area contributed by atoms with Crippen molar-refractivity contribution < 1.29 is 4.79 Å². The molecule has 1 fully saturated rings. The number of rotatable bonds is 5. The van der Waals surface area contributed by atoms with Crippen LogP contribution in [-0.2, 0) is 4.79 Å². The van der Waals surface area contributed by atoms with Crippen LogP contribution in [0.1, 0.15) is 60.3 Å². The van der Waals surface area contributed by atoms with Crippen LogP contribution in [0.3, 0.4) is 0 Å². The lowest BCUT2D eigenvalue weighted by Crippen LogP contribution is -2.52. The van der Waals surface area contributed by atoms with Gasteiger partial charge in [-0.1, -0.05) is 41.0 Å². The van der Waals surface area contributed by atoms with Crippen molar-refractivity contribution >= 4 is 5.91 Å². The Morgan fingerprint density at radius 1 is 1.33 bits per heavy atom. The highest BCUT2D eigenvalue weighted by Gasteiger charge is 2.38. The summed E-state index contributed by atoms with van der Waals surface area (Å²) in [5.74, 6) is 0.691. The van der Waals surface area contributed by atoms with Crippen molar-refractivity contribution in [3.8, 4) is 0 Å². The Hall–Kier alpha value is -0.570. The predicted molar refractivity (Wildman–Crippen MR) is 76.2 cm³/mol. The largest absolute Gasteiger partial charge is 0.354 e. The zero-order valence-corrected chi connectivity index (χ0v) is 12.7. The van der Waals surface area contributed by atoms with Crippen LogP contribution in [0, 0.1) is 16.7 Å². The summed E-state index contributed by atoms with van der Waals surface area (Å²) in [5, 5.41) is 3.07. The fourth-order valence-corrected chi connectivity index (χ4v) is 2.77.